The lowest BCUT2D eigenvalue weighted by Gasteiger charge is -2.39. The SMILES string of the molecule is Cc1nc(C2(N)CCCN(Cc3ccccc3)C2)sc1C. The fourth-order valence-corrected chi connectivity index (χ4v) is 4.05. The Morgan fingerprint density at radius 1 is 1.29 bits per heavy atom. The van der Waals surface area contributed by atoms with Crippen LogP contribution in [-0.4, -0.2) is 23.0 Å². The maximum Gasteiger partial charge on any atom is 0.114 e. The van der Waals surface area contributed by atoms with E-state index in [1.54, 1.807) is 11.3 Å². The summed E-state index contributed by atoms with van der Waals surface area (Å²) in [6.45, 7) is 7.20. The van der Waals surface area contributed by atoms with Crippen molar-refractivity contribution < 1.29 is 0 Å². The molecule has 0 spiro atoms. The summed E-state index contributed by atoms with van der Waals surface area (Å²) in [4.78, 5) is 8.46. The summed E-state index contributed by atoms with van der Waals surface area (Å²) >= 11 is 1.77. The van der Waals surface area contributed by atoms with Crippen LogP contribution in [0.15, 0.2) is 30.3 Å². The Hall–Kier alpha value is -1.23. The van der Waals surface area contributed by atoms with Gasteiger partial charge in [0.15, 0.2) is 0 Å². The number of nitrogens with zero attached hydrogens (tertiary/aromatic N) is 2. The lowest BCUT2D eigenvalue weighted by molar-refractivity contribution is 0.142. The molecule has 4 heteroatoms. The smallest absolute Gasteiger partial charge is 0.114 e. The maximum atomic E-state index is 6.71. The summed E-state index contributed by atoms with van der Waals surface area (Å²) in [7, 11) is 0. The molecule has 2 N–H and O–H groups in total. The van der Waals surface area contributed by atoms with Gasteiger partial charge in [0, 0.05) is 18.0 Å². The van der Waals surface area contributed by atoms with Crippen LogP contribution in [0.25, 0.3) is 0 Å². The topological polar surface area (TPSA) is 42.1 Å². The Balaban J connectivity index is 1.75. The molecule has 3 nitrogen and oxygen atoms in total. The Labute approximate surface area is 130 Å². The first kappa shape index (κ1) is 14.7. The van der Waals surface area contributed by atoms with Crippen LogP contribution in [0, 0.1) is 13.8 Å². The number of nitrogens with two attached hydrogens (primary N) is 1. The van der Waals surface area contributed by atoms with Crippen molar-refractivity contribution in [3.8, 4) is 0 Å². The summed E-state index contributed by atoms with van der Waals surface area (Å²) < 4.78 is 0. The minimum atomic E-state index is -0.281. The van der Waals surface area contributed by atoms with Crippen molar-refractivity contribution in [3.63, 3.8) is 0 Å². The molecule has 1 aromatic carbocycles. The number of hydrogen-bond donors (Lipinski definition) is 1. The van der Waals surface area contributed by atoms with E-state index in [1.807, 2.05) is 0 Å². The fourth-order valence-electron chi connectivity index (χ4n) is 3.01. The summed E-state index contributed by atoms with van der Waals surface area (Å²) in [5.74, 6) is 0. The van der Waals surface area contributed by atoms with Crippen molar-refractivity contribution in [2.75, 3.05) is 13.1 Å². The molecule has 3 rings (SSSR count). The van der Waals surface area contributed by atoms with Gasteiger partial charge in [-0.2, -0.15) is 0 Å². The molecule has 0 radical (unpaired) electrons. The van der Waals surface area contributed by atoms with Gasteiger partial charge < -0.3 is 5.73 Å². The maximum absolute atomic E-state index is 6.71. The second-order valence-corrected chi connectivity index (χ2v) is 7.32. The van der Waals surface area contributed by atoms with Crippen molar-refractivity contribution in [2.45, 2.75) is 38.8 Å². The number of likely N-dealkylation sites (tertiary alicyclic amines) is 1. The standard InChI is InChI=1S/C17H23N3S/c1-13-14(2)21-16(19-13)17(18)9-6-10-20(12-17)11-15-7-4-3-5-8-15/h3-5,7-8H,6,9-12,18H2,1-2H3. The van der Waals surface area contributed by atoms with E-state index >= 15 is 0 Å². The third-order valence-electron chi connectivity index (χ3n) is 4.31. The second kappa shape index (κ2) is 5.87. The molecule has 1 atom stereocenters. The van der Waals surface area contributed by atoms with Gasteiger partial charge in [0.2, 0.25) is 0 Å². The molecule has 1 aliphatic rings. The largest absolute Gasteiger partial charge is 0.318 e. The third kappa shape index (κ3) is 3.18. The van der Waals surface area contributed by atoms with Gasteiger partial charge in [0.05, 0.1) is 11.2 Å². The molecule has 0 amide bonds. The normalized spacial score (nSPS) is 23.4. The lowest BCUT2D eigenvalue weighted by Crippen LogP contribution is -2.51. The van der Waals surface area contributed by atoms with E-state index in [9.17, 15) is 0 Å². The molecule has 0 saturated carbocycles. The van der Waals surface area contributed by atoms with E-state index in [1.165, 1.54) is 10.4 Å². The first-order valence-corrected chi connectivity index (χ1v) is 8.38. The highest BCUT2D eigenvalue weighted by molar-refractivity contribution is 7.11. The third-order valence-corrected chi connectivity index (χ3v) is 5.60. The fraction of sp³-hybridized carbons (Fsp3) is 0.471. The van der Waals surface area contributed by atoms with Gasteiger partial charge in [-0.05, 0) is 38.8 Å². The molecule has 1 aromatic heterocycles. The molecule has 2 aromatic rings. The molecule has 1 fully saturated rings. The van der Waals surface area contributed by atoms with Gasteiger partial charge in [-0.3, -0.25) is 4.90 Å². The molecule has 0 aliphatic carbocycles. The molecular formula is C17H23N3S. The van der Waals surface area contributed by atoms with Gasteiger partial charge >= 0.3 is 0 Å². The van der Waals surface area contributed by atoms with Crippen LogP contribution < -0.4 is 5.73 Å². The highest BCUT2D eigenvalue weighted by Gasteiger charge is 2.36. The van der Waals surface area contributed by atoms with Crippen LogP contribution in [-0.2, 0) is 12.1 Å². The van der Waals surface area contributed by atoms with E-state index in [2.05, 4.69) is 49.1 Å². The number of aryl methyl sites for hydroxylation is 2. The van der Waals surface area contributed by atoms with Gasteiger partial charge in [-0.1, -0.05) is 30.3 Å². The average molecular weight is 301 g/mol. The zero-order valence-corrected chi connectivity index (χ0v) is 13.6. The van der Waals surface area contributed by atoms with Gasteiger partial charge in [-0.25, -0.2) is 4.98 Å². The Morgan fingerprint density at radius 2 is 2.05 bits per heavy atom. The number of hydrogen-bond acceptors (Lipinski definition) is 4. The lowest BCUT2D eigenvalue weighted by atomic mass is 9.90. The quantitative estimate of drug-likeness (QED) is 0.946. The molecule has 2 heterocycles. The first-order valence-electron chi connectivity index (χ1n) is 7.56. The van der Waals surface area contributed by atoms with Crippen molar-refractivity contribution in [1.29, 1.82) is 0 Å². The van der Waals surface area contributed by atoms with Crippen LogP contribution in [0.2, 0.25) is 0 Å². The summed E-state index contributed by atoms with van der Waals surface area (Å²) in [5.41, 5.74) is 8.91. The Kier molecular flexibility index (Phi) is 4.11. The van der Waals surface area contributed by atoms with Crippen LogP contribution in [0.3, 0.4) is 0 Å². The van der Waals surface area contributed by atoms with Gasteiger partial charge in [-0.15, -0.1) is 11.3 Å². The van der Waals surface area contributed by atoms with E-state index < -0.39 is 0 Å². The molecule has 1 saturated heterocycles. The number of piperidine rings is 1. The monoisotopic (exact) mass is 301 g/mol. The molecule has 1 unspecified atom stereocenters. The highest BCUT2D eigenvalue weighted by Crippen LogP contribution is 2.33. The number of aromatic nitrogens is 1. The van der Waals surface area contributed by atoms with Crippen LogP contribution in [0.5, 0.6) is 0 Å². The van der Waals surface area contributed by atoms with Crippen LogP contribution in [0.1, 0.15) is 34.0 Å². The van der Waals surface area contributed by atoms with E-state index in [0.29, 0.717) is 0 Å². The van der Waals surface area contributed by atoms with Gasteiger partial charge in [0.25, 0.3) is 0 Å². The molecule has 0 bridgehead atoms. The molecule has 112 valence electrons. The Bertz CT molecular complexity index is 588. The van der Waals surface area contributed by atoms with Gasteiger partial charge in [0.1, 0.15) is 5.01 Å². The van der Waals surface area contributed by atoms with Crippen molar-refractivity contribution in [1.82, 2.24) is 9.88 Å². The molecule has 21 heavy (non-hydrogen) atoms. The summed E-state index contributed by atoms with van der Waals surface area (Å²) in [6, 6.07) is 10.6. The number of rotatable bonds is 3. The predicted molar refractivity (Wildman–Crippen MR) is 88.4 cm³/mol. The van der Waals surface area contributed by atoms with Crippen molar-refractivity contribution >= 4 is 11.3 Å². The number of thiazole rings is 1. The van der Waals surface area contributed by atoms with Crippen LogP contribution >= 0.6 is 11.3 Å². The van der Waals surface area contributed by atoms with Crippen molar-refractivity contribution in [3.05, 3.63) is 51.5 Å². The highest BCUT2D eigenvalue weighted by atomic mass is 32.1. The minimum Gasteiger partial charge on any atom is -0.318 e. The summed E-state index contributed by atoms with van der Waals surface area (Å²) in [5, 5.41) is 1.11. The van der Waals surface area contributed by atoms with E-state index in [0.717, 1.165) is 43.2 Å². The Morgan fingerprint density at radius 3 is 2.71 bits per heavy atom. The van der Waals surface area contributed by atoms with Crippen LogP contribution in [0.4, 0.5) is 0 Å². The predicted octanol–water partition coefficient (Wildman–Crippen LogP) is 3.21. The zero-order chi connectivity index (χ0) is 14.9. The minimum absolute atomic E-state index is 0.281. The number of benzene rings is 1. The van der Waals surface area contributed by atoms with E-state index in [-0.39, 0.29) is 5.54 Å². The first-order chi connectivity index (χ1) is 10.1. The second-order valence-electron chi connectivity index (χ2n) is 6.12. The summed E-state index contributed by atoms with van der Waals surface area (Å²) in [6.07, 6.45) is 2.17. The van der Waals surface area contributed by atoms with Crippen molar-refractivity contribution in [2.24, 2.45) is 5.73 Å². The average Bonchev–Trinajstić information content (AvgIpc) is 2.81. The molecule has 1 aliphatic heterocycles. The molecular weight excluding hydrogens is 278 g/mol. The zero-order valence-electron chi connectivity index (χ0n) is 12.8. The van der Waals surface area contributed by atoms with E-state index in [4.69, 9.17) is 10.7 Å².